The maximum atomic E-state index is 13.3. The Balaban J connectivity index is 2.14. The molecule has 2 aromatic rings. The second-order valence-corrected chi connectivity index (χ2v) is 6.32. The van der Waals surface area contributed by atoms with Crippen LogP contribution in [0.4, 0.5) is 4.39 Å². The number of thioether (sulfide) groups is 1. The maximum Gasteiger partial charge on any atom is 0.123 e. The summed E-state index contributed by atoms with van der Waals surface area (Å²) in [6.45, 7) is 4.89. The van der Waals surface area contributed by atoms with Crippen molar-refractivity contribution in [2.24, 2.45) is 0 Å². The van der Waals surface area contributed by atoms with Crippen LogP contribution in [0.1, 0.15) is 24.1 Å². The Kier molecular flexibility index (Phi) is 6.09. The van der Waals surface area contributed by atoms with Crippen LogP contribution in [0.2, 0.25) is 5.02 Å². The number of halogens is 2. The monoisotopic (exact) mass is 323 g/mol. The van der Waals surface area contributed by atoms with Gasteiger partial charge in [0.15, 0.2) is 0 Å². The van der Waals surface area contributed by atoms with E-state index in [0.717, 1.165) is 33.3 Å². The normalized spacial score (nSPS) is 12.4. The van der Waals surface area contributed by atoms with Crippen LogP contribution in [0.3, 0.4) is 0 Å². The summed E-state index contributed by atoms with van der Waals surface area (Å²) in [7, 11) is 0. The minimum absolute atomic E-state index is 0.178. The number of nitrogens with one attached hydrogen (secondary N) is 1. The Morgan fingerprint density at radius 2 is 2.00 bits per heavy atom. The van der Waals surface area contributed by atoms with Gasteiger partial charge in [-0.15, -0.1) is 11.8 Å². The zero-order chi connectivity index (χ0) is 15.2. The molecule has 0 bridgehead atoms. The molecule has 0 radical (unpaired) electrons. The van der Waals surface area contributed by atoms with Crippen LogP contribution in [-0.2, 0) is 0 Å². The van der Waals surface area contributed by atoms with Gasteiger partial charge < -0.3 is 5.32 Å². The molecule has 0 aromatic heterocycles. The van der Waals surface area contributed by atoms with Crippen molar-refractivity contribution in [3.8, 4) is 0 Å². The lowest BCUT2D eigenvalue weighted by Crippen LogP contribution is -2.23. The van der Waals surface area contributed by atoms with Gasteiger partial charge in [0.1, 0.15) is 5.82 Å². The van der Waals surface area contributed by atoms with Crippen LogP contribution in [0.25, 0.3) is 0 Å². The third-order valence-electron chi connectivity index (χ3n) is 3.30. The summed E-state index contributed by atoms with van der Waals surface area (Å²) in [6, 6.07) is 13.0. The average molecular weight is 324 g/mol. The van der Waals surface area contributed by atoms with Gasteiger partial charge in [0, 0.05) is 16.7 Å². The number of rotatable bonds is 6. The molecule has 4 heteroatoms. The number of hydrogen-bond donors (Lipinski definition) is 1. The molecule has 0 aliphatic heterocycles. The van der Waals surface area contributed by atoms with Gasteiger partial charge >= 0.3 is 0 Å². The fourth-order valence-electron chi connectivity index (χ4n) is 2.27. The van der Waals surface area contributed by atoms with Gasteiger partial charge in [-0.05, 0) is 48.9 Å². The van der Waals surface area contributed by atoms with E-state index in [0.29, 0.717) is 0 Å². The zero-order valence-corrected chi connectivity index (χ0v) is 13.8. The molecule has 2 aromatic carbocycles. The van der Waals surface area contributed by atoms with E-state index in [1.54, 1.807) is 17.8 Å². The van der Waals surface area contributed by atoms with Crippen molar-refractivity contribution in [2.45, 2.75) is 24.8 Å². The van der Waals surface area contributed by atoms with Gasteiger partial charge in [-0.3, -0.25) is 0 Å². The van der Waals surface area contributed by atoms with E-state index in [1.807, 2.05) is 37.3 Å². The summed E-state index contributed by atoms with van der Waals surface area (Å²) in [5.74, 6) is 0.662. The summed E-state index contributed by atoms with van der Waals surface area (Å²) in [5.41, 5.74) is 2.11. The van der Waals surface area contributed by atoms with E-state index in [2.05, 4.69) is 12.2 Å². The fourth-order valence-corrected chi connectivity index (χ4v) is 3.59. The molecule has 0 amide bonds. The lowest BCUT2D eigenvalue weighted by Gasteiger charge is -2.20. The Morgan fingerprint density at radius 3 is 2.67 bits per heavy atom. The predicted molar refractivity (Wildman–Crippen MR) is 89.7 cm³/mol. The third kappa shape index (κ3) is 4.47. The molecule has 1 unspecified atom stereocenters. The first-order valence-electron chi connectivity index (χ1n) is 6.98. The van der Waals surface area contributed by atoms with Crippen molar-refractivity contribution in [3.05, 3.63) is 64.4 Å². The van der Waals surface area contributed by atoms with Gasteiger partial charge in [0.25, 0.3) is 0 Å². The smallest absolute Gasteiger partial charge is 0.123 e. The van der Waals surface area contributed by atoms with Crippen LogP contribution < -0.4 is 5.32 Å². The van der Waals surface area contributed by atoms with Crippen LogP contribution in [0.15, 0.2) is 47.4 Å². The summed E-state index contributed by atoms with van der Waals surface area (Å²) in [5, 5.41) is 4.23. The van der Waals surface area contributed by atoms with Crippen molar-refractivity contribution >= 4 is 23.4 Å². The Morgan fingerprint density at radius 1 is 1.24 bits per heavy atom. The minimum Gasteiger partial charge on any atom is -0.309 e. The van der Waals surface area contributed by atoms with E-state index >= 15 is 0 Å². The molecule has 0 saturated carbocycles. The Labute approximate surface area is 134 Å². The Hall–Kier alpha value is -1.03. The van der Waals surface area contributed by atoms with E-state index in [9.17, 15) is 4.39 Å². The molecule has 0 heterocycles. The van der Waals surface area contributed by atoms with Gasteiger partial charge in [0.05, 0.1) is 5.02 Å². The predicted octanol–water partition coefficient (Wildman–Crippen LogP) is 5.23. The zero-order valence-electron chi connectivity index (χ0n) is 12.2. The highest BCUT2D eigenvalue weighted by atomic mass is 35.5. The second kappa shape index (κ2) is 7.83. The quantitative estimate of drug-likeness (QED) is 0.730. The molecule has 1 nitrogen and oxygen atoms in total. The van der Waals surface area contributed by atoms with E-state index in [4.69, 9.17) is 11.6 Å². The standard InChI is InChI=1S/C17H19ClFNS/c1-3-20-16(14-9-8-13(19)10-12(14)2)11-21-17-7-5-4-6-15(17)18/h4-10,16,20H,3,11H2,1-2H3. The number of benzene rings is 2. The molecular formula is C17H19ClFNS. The largest absolute Gasteiger partial charge is 0.309 e. The molecule has 21 heavy (non-hydrogen) atoms. The number of hydrogen-bond acceptors (Lipinski definition) is 2. The summed E-state index contributed by atoms with van der Waals surface area (Å²) >= 11 is 7.91. The molecule has 1 atom stereocenters. The first kappa shape index (κ1) is 16.3. The van der Waals surface area contributed by atoms with Crippen LogP contribution >= 0.6 is 23.4 Å². The lowest BCUT2D eigenvalue weighted by molar-refractivity contribution is 0.594. The third-order valence-corrected chi connectivity index (χ3v) is 4.91. The highest BCUT2D eigenvalue weighted by Gasteiger charge is 2.14. The molecule has 0 aliphatic rings. The van der Waals surface area contributed by atoms with Crippen LogP contribution in [0.5, 0.6) is 0 Å². The van der Waals surface area contributed by atoms with Crippen molar-refractivity contribution < 1.29 is 4.39 Å². The maximum absolute atomic E-state index is 13.3. The van der Waals surface area contributed by atoms with Gasteiger partial charge in [-0.25, -0.2) is 4.39 Å². The van der Waals surface area contributed by atoms with Gasteiger partial charge in [0.2, 0.25) is 0 Å². The molecule has 0 saturated heterocycles. The van der Waals surface area contributed by atoms with Crippen molar-refractivity contribution in [3.63, 3.8) is 0 Å². The van der Waals surface area contributed by atoms with Crippen molar-refractivity contribution in [1.29, 1.82) is 0 Å². The van der Waals surface area contributed by atoms with Crippen LogP contribution in [-0.4, -0.2) is 12.3 Å². The average Bonchev–Trinajstić information content (AvgIpc) is 2.45. The fraction of sp³-hybridized carbons (Fsp3) is 0.294. The second-order valence-electron chi connectivity index (χ2n) is 4.85. The molecule has 2 rings (SSSR count). The summed E-state index contributed by atoms with van der Waals surface area (Å²) in [4.78, 5) is 1.07. The minimum atomic E-state index is -0.190. The molecule has 1 N–H and O–H groups in total. The van der Waals surface area contributed by atoms with Crippen molar-refractivity contribution in [2.75, 3.05) is 12.3 Å². The van der Waals surface area contributed by atoms with Gasteiger partial charge in [-0.1, -0.05) is 36.7 Å². The van der Waals surface area contributed by atoms with Crippen LogP contribution in [0, 0.1) is 12.7 Å². The summed E-state index contributed by atoms with van der Waals surface area (Å²) in [6.07, 6.45) is 0. The Bertz CT molecular complexity index is 603. The first-order chi connectivity index (χ1) is 10.1. The van der Waals surface area contributed by atoms with E-state index in [1.165, 1.54) is 6.07 Å². The molecule has 0 aliphatic carbocycles. The first-order valence-corrected chi connectivity index (χ1v) is 8.35. The topological polar surface area (TPSA) is 12.0 Å². The SMILES string of the molecule is CCNC(CSc1ccccc1Cl)c1ccc(F)cc1C. The summed E-state index contributed by atoms with van der Waals surface area (Å²) < 4.78 is 13.3. The van der Waals surface area contributed by atoms with E-state index in [-0.39, 0.29) is 11.9 Å². The molecular weight excluding hydrogens is 305 g/mol. The molecule has 0 spiro atoms. The molecule has 0 fully saturated rings. The highest BCUT2D eigenvalue weighted by Crippen LogP contribution is 2.31. The van der Waals surface area contributed by atoms with Gasteiger partial charge in [-0.2, -0.15) is 0 Å². The number of aryl methyl sites for hydroxylation is 1. The van der Waals surface area contributed by atoms with Crippen molar-refractivity contribution in [1.82, 2.24) is 5.32 Å². The van der Waals surface area contributed by atoms with E-state index < -0.39 is 0 Å². The lowest BCUT2D eigenvalue weighted by atomic mass is 10.0. The molecule has 112 valence electrons. The highest BCUT2D eigenvalue weighted by molar-refractivity contribution is 7.99.